The minimum absolute atomic E-state index is 0.297. The molecular weight excluding hydrogens is 166 g/mol. The molecule has 0 radical (unpaired) electrons. The van der Waals surface area contributed by atoms with Gasteiger partial charge in [-0.2, -0.15) is 0 Å². The van der Waals surface area contributed by atoms with E-state index in [-0.39, 0.29) is 5.78 Å². The van der Waals surface area contributed by atoms with Crippen molar-refractivity contribution >= 4 is 11.7 Å². The van der Waals surface area contributed by atoms with Gasteiger partial charge in [0.05, 0.1) is 0 Å². The van der Waals surface area contributed by atoms with Crippen molar-refractivity contribution in [2.24, 2.45) is 5.92 Å². The molecule has 0 saturated heterocycles. The molecule has 1 aliphatic carbocycles. The number of rotatable bonds is 6. The number of amides is 1. The largest absolute Gasteiger partial charge is 0.346 e. The summed E-state index contributed by atoms with van der Waals surface area (Å²) >= 11 is 0. The molecule has 1 fully saturated rings. The molecule has 0 atom stereocenters. The van der Waals surface area contributed by atoms with Gasteiger partial charge >= 0.3 is 0 Å². The molecule has 1 saturated carbocycles. The number of carbonyl (C=O) groups excluding carboxylic acids is 2. The van der Waals surface area contributed by atoms with Crippen LogP contribution in [0.25, 0.3) is 0 Å². The van der Waals surface area contributed by atoms with Gasteiger partial charge in [0, 0.05) is 13.0 Å². The Labute approximate surface area is 78.2 Å². The summed E-state index contributed by atoms with van der Waals surface area (Å²) < 4.78 is 0. The summed E-state index contributed by atoms with van der Waals surface area (Å²) in [5, 5.41) is 2.47. The molecule has 0 aromatic rings. The van der Waals surface area contributed by atoms with E-state index < -0.39 is 5.91 Å². The van der Waals surface area contributed by atoms with E-state index in [1.165, 1.54) is 12.8 Å². The second-order valence-electron chi connectivity index (χ2n) is 3.40. The summed E-state index contributed by atoms with van der Waals surface area (Å²) in [5.74, 6) is -0.0644. The Kier molecular flexibility index (Phi) is 3.68. The number of nitrogens with one attached hydrogen (secondary N) is 1. The monoisotopic (exact) mass is 181 g/mol. The minimum Gasteiger partial charge on any atom is -0.346 e. The van der Waals surface area contributed by atoms with Gasteiger partial charge in [-0.25, -0.2) is 0 Å². The van der Waals surface area contributed by atoms with Gasteiger partial charge in [0.25, 0.3) is 5.91 Å². The average Bonchev–Trinajstić information content (AvgIpc) is 2.93. The Morgan fingerprint density at radius 2 is 2.15 bits per heavy atom. The lowest BCUT2D eigenvalue weighted by atomic mass is 10.1. The zero-order chi connectivity index (χ0) is 9.68. The predicted molar refractivity (Wildman–Crippen MR) is 50.2 cm³/mol. The molecular formula is C10H15NO2. The molecule has 0 aromatic heterocycles. The maximum Gasteiger partial charge on any atom is 0.287 e. The van der Waals surface area contributed by atoms with Crippen LogP contribution in [0.1, 0.15) is 25.7 Å². The van der Waals surface area contributed by atoms with Crippen molar-refractivity contribution in [2.75, 3.05) is 6.54 Å². The smallest absolute Gasteiger partial charge is 0.287 e. The van der Waals surface area contributed by atoms with E-state index in [0.29, 0.717) is 18.9 Å². The second-order valence-corrected chi connectivity index (χ2v) is 3.40. The maximum absolute atomic E-state index is 11.1. The number of ketones is 1. The maximum atomic E-state index is 11.1. The Morgan fingerprint density at radius 3 is 2.69 bits per heavy atom. The molecule has 1 rings (SSSR count). The van der Waals surface area contributed by atoms with Crippen molar-refractivity contribution in [3.05, 3.63) is 12.7 Å². The first-order chi connectivity index (χ1) is 6.24. The first-order valence-electron chi connectivity index (χ1n) is 4.66. The molecule has 3 heteroatoms. The van der Waals surface area contributed by atoms with Gasteiger partial charge in [-0.1, -0.05) is 18.9 Å². The van der Waals surface area contributed by atoms with E-state index in [4.69, 9.17) is 0 Å². The molecule has 0 bridgehead atoms. The van der Waals surface area contributed by atoms with E-state index in [1.807, 2.05) is 0 Å². The van der Waals surface area contributed by atoms with Crippen LogP contribution in [0.3, 0.4) is 0 Å². The first-order valence-corrected chi connectivity index (χ1v) is 4.66. The van der Waals surface area contributed by atoms with E-state index >= 15 is 0 Å². The van der Waals surface area contributed by atoms with Gasteiger partial charge in [0.2, 0.25) is 5.78 Å². The number of hydrogen-bond acceptors (Lipinski definition) is 2. The third-order valence-electron chi connectivity index (χ3n) is 2.14. The summed E-state index contributed by atoms with van der Waals surface area (Å²) in [6, 6.07) is 0. The van der Waals surface area contributed by atoms with Gasteiger partial charge in [0.1, 0.15) is 0 Å². The fourth-order valence-electron chi connectivity index (χ4n) is 1.12. The van der Waals surface area contributed by atoms with Gasteiger partial charge in [0.15, 0.2) is 0 Å². The highest BCUT2D eigenvalue weighted by Crippen LogP contribution is 2.33. The van der Waals surface area contributed by atoms with Crippen molar-refractivity contribution in [1.29, 1.82) is 0 Å². The molecule has 0 aromatic carbocycles. The zero-order valence-electron chi connectivity index (χ0n) is 7.71. The topological polar surface area (TPSA) is 46.2 Å². The summed E-state index contributed by atoms with van der Waals surface area (Å²) in [4.78, 5) is 22.2. The fraction of sp³-hybridized carbons (Fsp3) is 0.600. The van der Waals surface area contributed by atoms with Crippen molar-refractivity contribution in [2.45, 2.75) is 25.7 Å². The lowest BCUT2D eigenvalue weighted by molar-refractivity contribution is -0.137. The van der Waals surface area contributed by atoms with E-state index in [0.717, 1.165) is 6.42 Å². The van der Waals surface area contributed by atoms with Crippen LogP contribution in [0, 0.1) is 5.92 Å². The van der Waals surface area contributed by atoms with Gasteiger partial charge in [-0.05, 0) is 12.3 Å². The summed E-state index contributed by atoms with van der Waals surface area (Å²) in [6.45, 7) is 3.82. The van der Waals surface area contributed by atoms with E-state index in [1.54, 1.807) is 6.08 Å². The first kappa shape index (κ1) is 9.96. The van der Waals surface area contributed by atoms with Crippen LogP contribution < -0.4 is 5.32 Å². The fourth-order valence-corrected chi connectivity index (χ4v) is 1.12. The van der Waals surface area contributed by atoms with Crippen LogP contribution in [0.5, 0.6) is 0 Å². The summed E-state index contributed by atoms with van der Waals surface area (Å²) in [5.41, 5.74) is 0. The Balaban J connectivity index is 2.12. The van der Waals surface area contributed by atoms with Crippen LogP contribution in [0.4, 0.5) is 0 Å². The van der Waals surface area contributed by atoms with Gasteiger partial charge in [-0.3, -0.25) is 9.59 Å². The SMILES string of the molecule is C=CCNC(=O)C(=O)CCC1CC1. The van der Waals surface area contributed by atoms with Gasteiger partial charge < -0.3 is 5.32 Å². The minimum atomic E-state index is -0.472. The molecule has 0 unspecified atom stereocenters. The molecule has 1 amide bonds. The molecule has 3 nitrogen and oxygen atoms in total. The lowest BCUT2D eigenvalue weighted by Crippen LogP contribution is -2.30. The van der Waals surface area contributed by atoms with E-state index in [2.05, 4.69) is 11.9 Å². The van der Waals surface area contributed by atoms with E-state index in [9.17, 15) is 9.59 Å². The number of Topliss-reactive ketones (excluding diaryl/α,β-unsaturated/α-hetero) is 1. The highest BCUT2D eigenvalue weighted by atomic mass is 16.2. The van der Waals surface area contributed by atoms with Gasteiger partial charge in [-0.15, -0.1) is 6.58 Å². The van der Waals surface area contributed by atoms with Crippen LogP contribution in [-0.4, -0.2) is 18.2 Å². The lowest BCUT2D eigenvalue weighted by Gasteiger charge is -2.00. The number of hydrogen-bond donors (Lipinski definition) is 1. The van der Waals surface area contributed by atoms with Crippen LogP contribution in [0.15, 0.2) is 12.7 Å². The molecule has 13 heavy (non-hydrogen) atoms. The van der Waals surface area contributed by atoms with Crippen molar-refractivity contribution in [3.63, 3.8) is 0 Å². The van der Waals surface area contributed by atoms with Crippen LogP contribution in [0.2, 0.25) is 0 Å². The average molecular weight is 181 g/mol. The summed E-state index contributed by atoms with van der Waals surface area (Å²) in [6.07, 6.45) is 5.28. The molecule has 1 aliphatic rings. The quantitative estimate of drug-likeness (QED) is 0.491. The number of carbonyl (C=O) groups is 2. The molecule has 0 spiro atoms. The second kappa shape index (κ2) is 4.80. The van der Waals surface area contributed by atoms with Crippen LogP contribution in [-0.2, 0) is 9.59 Å². The van der Waals surface area contributed by atoms with Crippen molar-refractivity contribution in [1.82, 2.24) is 5.32 Å². The Hall–Kier alpha value is -1.12. The summed E-state index contributed by atoms with van der Waals surface area (Å²) in [7, 11) is 0. The predicted octanol–water partition coefficient (Wildman–Crippen LogP) is 1.05. The molecule has 0 heterocycles. The normalized spacial score (nSPS) is 15.1. The third-order valence-corrected chi connectivity index (χ3v) is 2.14. The Morgan fingerprint density at radius 1 is 1.46 bits per heavy atom. The molecule has 0 aliphatic heterocycles. The molecule has 1 N–H and O–H groups in total. The highest BCUT2D eigenvalue weighted by Gasteiger charge is 2.23. The Bertz CT molecular complexity index is 219. The zero-order valence-corrected chi connectivity index (χ0v) is 7.71. The standard InChI is InChI=1S/C10H15NO2/c1-2-7-11-10(13)9(12)6-5-8-3-4-8/h2,8H,1,3-7H2,(H,11,13). The highest BCUT2D eigenvalue weighted by molar-refractivity contribution is 6.36. The van der Waals surface area contributed by atoms with Crippen LogP contribution >= 0.6 is 0 Å². The van der Waals surface area contributed by atoms with Crippen molar-refractivity contribution < 1.29 is 9.59 Å². The third kappa shape index (κ3) is 3.87. The molecule has 72 valence electrons. The van der Waals surface area contributed by atoms with Crippen molar-refractivity contribution in [3.8, 4) is 0 Å².